The SMILES string of the molecule is Cc1cc(-c2[nH]c3ccc(N(C(=O)c4cocn4)C4CCN(C(C)C)CC4)cc3c2C(C)C)cc(C)n1. The minimum Gasteiger partial charge on any atom is -0.451 e. The maximum Gasteiger partial charge on any atom is 0.280 e. The molecule has 1 N–H and O–H groups in total. The molecule has 0 unspecified atom stereocenters. The van der Waals surface area contributed by atoms with Crippen molar-refractivity contribution in [2.24, 2.45) is 0 Å². The number of anilines is 1. The summed E-state index contributed by atoms with van der Waals surface area (Å²) in [6, 6.07) is 11.2. The van der Waals surface area contributed by atoms with Crippen molar-refractivity contribution in [1.29, 1.82) is 0 Å². The third-order valence-electron chi connectivity index (χ3n) is 7.51. The van der Waals surface area contributed by atoms with Crippen LogP contribution in [0.5, 0.6) is 0 Å². The average Bonchev–Trinajstić information content (AvgIpc) is 3.52. The summed E-state index contributed by atoms with van der Waals surface area (Å²) >= 11 is 0. The second-order valence-electron chi connectivity index (χ2n) is 10.8. The molecule has 0 aliphatic carbocycles. The maximum absolute atomic E-state index is 13.8. The number of nitrogens with zero attached hydrogens (tertiary/aromatic N) is 4. The second kappa shape index (κ2) is 10.1. The molecule has 3 aromatic heterocycles. The van der Waals surface area contributed by atoms with Crippen LogP contribution >= 0.6 is 0 Å². The minimum atomic E-state index is -0.113. The van der Waals surface area contributed by atoms with E-state index in [2.05, 4.69) is 77.9 Å². The molecule has 0 radical (unpaired) electrons. The number of likely N-dealkylation sites (tertiary alicyclic amines) is 1. The molecule has 7 heteroatoms. The molecule has 1 fully saturated rings. The molecule has 0 saturated carbocycles. The first-order valence-electron chi connectivity index (χ1n) is 13.3. The van der Waals surface area contributed by atoms with E-state index in [1.165, 1.54) is 18.2 Å². The van der Waals surface area contributed by atoms with Crippen LogP contribution in [0.2, 0.25) is 0 Å². The highest BCUT2D eigenvalue weighted by Crippen LogP contribution is 2.38. The Balaban J connectivity index is 1.60. The Kier molecular flexibility index (Phi) is 6.90. The van der Waals surface area contributed by atoms with E-state index in [1.807, 2.05) is 18.7 Å². The number of aromatic nitrogens is 3. The molecule has 4 aromatic rings. The molecule has 1 amide bonds. The number of rotatable bonds is 6. The topological polar surface area (TPSA) is 78.3 Å². The van der Waals surface area contributed by atoms with E-state index < -0.39 is 0 Å². The molecular weight excluding hydrogens is 462 g/mol. The van der Waals surface area contributed by atoms with E-state index >= 15 is 0 Å². The monoisotopic (exact) mass is 499 g/mol. The number of H-pyrrole nitrogens is 1. The lowest BCUT2D eigenvalue weighted by atomic mass is 9.95. The lowest BCUT2D eigenvalue weighted by Crippen LogP contribution is -2.49. The molecule has 0 atom stereocenters. The Morgan fingerprint density at radius 1 is 1.08 bits per heavy atom. The first kappa shape index (κ1) is 25.2. The fourth-order valence-corrected chi connectivity index (χ4v) is 5.75. The summed E-state index contributed by atoms with van der Waals surface area (Å²) in [6.07, 6.45) is 4.61. The van der Waals surface area contributed by atoms with E-state index in [1.54, 1.807) is 0 Å². The molecule has 194 valence electrons. The molecule has 7 nitrogen and oxygen atoms in total. The molecule has 37 heavy (non-hydrogen) atoms. The third-order valence-corrected chi connectivity index (χ3v) is 7.51. The second-order valence-corrected chi connectivity index (χ2v) is 10.8. The zero-order chi connectivity index (χ0) is 26.3. The Morgan fingerprint density at radius 3 is 2.38 bits per heavy atom. The fourth-order valence-electron chi connectivity index (χ4n) is 5.75. The highest BCUT2D eigenvalue weighted by molar-refractivity contribution is 6.06. The lowest BCUT2D eigenvalue weighted by molar-refractivity contribution is 0.0948. The Hall–Kier alpha value is -3.45. The normalized spacial score (nSPS) is 15.2. The number of fused-ring (bicyclic) bond motifs is 1. The van der Waals surface area contributed by atoms with Gasteiger partial charge in [0, 0.05) is 58.7 Å². The molecule has 5 rings (SSSR count). The van der Waals surface area contributed by atoms with Gasteiger partial charge >= 0.3 is 0 Å². The summed E-state index contributed by atoms with van der Waals surface area (Å²) in [4.78, 5) is 30.6. The van der Waals surface area contributed by atoms with Gasteiger partial charge in [0.1, 0.15) is 6.26 Å². The van der Waals surface area contributed by atoms with Crippen molar-refractivity contribution < 1.29 is 9.21 Å². The van der Waals surface area contributed by atoms with Crippen LogP contribution in [0.15, 0.2) is 47.4 Å². The number of amides is 1. The van der Waals surface area contributed by atoms with Gasteiger partial charge in [-0.1, -0.05) is 13.8 Å². The van der Waals surface area contributed by atoms with Crippen LogP contribution in [-0.4, -0.2) is 50.9 Å². The number of piperidine rings is 1. The molecule has 1 aromatic carbocycles. The number of nitrogens with one attached hydrogen (secondary N) is 1. The molecule has 1 aliphatic rings. The summed E-state index contributed by atoms with van der Waals surface area (Å²) in [5, 5.41) is 1.15. The van der Waals surface area contributed by atoms with E-state index in [4.69, 9.17) is 4.42 Å². The van der Waals surface area contributed by atoms with Gasteiger partial charge in [-0.05, 0) is 82.3 Å². The van der Waals surface area contributed by atoms with Gasteiger partial charge in [0.2, 0.25) is 0 Å². The third kappa shape index (κ3) is 4.92. The van der Waals surface area contributed by atoms with Gasteiger partial charge in [0.25, 0.3) is 5.91 Å². The van der Waals surface area contributed by atoms with Crippen molar-refractivity contribution in [3.63, 3.8) is 0 Å². The number of benzene rings is 1. The zero-order valence-electron chi connectivity index (χ0n) is 22.7. The predicted molar refractivity (Wildman–Crippen MR) is 148 cm³/mol. The summed E-state index contributed by atoms with van der Waals surface area (Å²) < 4.78 is 5.17. The number of carbonyl (C=O) groups is 1. The van der Waals surface area contributed by atoms with Crippen LogP contribution in [-0.2, 0) is 0 Å². The molecule has 0 bridgehead atoms. The Bertz CT molecular complexity index is 1370. The summed E-state index contributed by atoms with van der Waals surface area (Å²) in [5.41, 5.74) is 7.83. The molecule has 1 aliphatic heterocycles. The van der Waals surface area contributed by atoms with E-state index in [9.17, 15) is 4.79 Å². The van der Waals surface area contributed by atoms with Gasteiger partial charge < -0.3 is 19.2 Å². The number of hydrogen-bond acceptors (Lipinski definition) is 5. The van der Waals surface area contributed by atoms with E-state index in [-0.39, 0.29) is 11.9 Å². The van der Waals surface area contributed by atoms with Gasteiger partial charge in [-0.15, -0.1) is 0 Å². The van der Waals surface area contributed by atoms with Crippen molar-refractivity contribution in [3.8, 4) is 11.3 Å². The van der Waals surface area contributed by atoms with Gasteiger partial charge in [0.05, 0.1) is 5.69 Å². The minimum absolute atomic E-state index is 0.100. The quantitative estimate of drug-likeness (QED) is 0.329. The van der Waals surface area contributed by atoms with Crippen LogP contribution in [0, 0.1) is 13.8 Å². The standard InChI is InChI=1S/C30H37N5O2/c1-18(2)28-25-15-24(7-8-26(25)33-29(28)22-13-20(5)32-21(6)14-22)35(30(36)27-16-37-17-31-27)23-9-11-34(12-10-23)19(3)4/h7-8,13-19,23,33H,9-12H2,1-6H3. The fraction of sp³-hybridized carbons (Fsp3) is 0.433. The van der Waals surface area contributed by atoms with Crippen molar-refractivity contribution in [3.05, 3.63) is 65.6 Å². The summed E-state index contributed by atoms with van der Waals surface area (Å²) in [7, 11) is 0. The van der Waals surface area contributed by atoms with Crippen LogP contribution in [0.3, 0.4) is 0 Å². The highest BCUT2D eigenvalue weighted by Gasteiger charge is 2.32. The molecule has 0 spiro atoms. The van der Waals surface area contributed by atoms with E-state index in [0.717, 1.165) is 65.2 Å². The summed E-state index contributed by atoms with van der Waals surface area (Å²) in [6.45, 7) is 14.9. The van der Waals surface area contributed by atoms with Crippen LogP contribution in [0.4, 0.5) is 5.69 Å². The van der Waals surface area contributed by atoms with Crippen molar-refractivity contribution in [2.45, 2.75) is 72.4 Å². The molecule has 1 saturated heterocycles. The average molecular weight is 500 g/mol. The van der Waals surface area contributed by atoms with Gasteiger partial charge in [-0.2, -0.15) is 0 Å². The number of carbonyl (C=O) groups excluding carboxylic acids is 1. The lowest BCUT2D eigenvalue weighted by Gasteiger charge is -2.39. The van der Waals surface area contributed by atoms with Gasteiger partial charge in [-0.3, -0.25) is 9.78 Å². The van der Waals surface area contributed by atoms with Gasteiger partial charge in [-0.25, -0.2) is 4.98 Å². The smallest absolute Gasteiger partial charge is 0.280 e. The number of aryl methyl sites for hydroxylation is 2. The zero-order valence-corrected chi connectivity index (χ0v) is 22.7. The number of hydrogen-bond donors (Lipinski definition) is 1. The molecule has 4 heterocycles. The Morgan fingerprint density at radius 2 is 1.78 bits per heavy atom. The number of pyridine rings is 1. The first-order valence-corrected chi connectivity index (χ1v) is 13.3. The summed E-state index contributed by atoms with van der Waals surface area (Å²) in [5.74, 6) is 0.181. The van der Waals surface area contributed by atoms with Crippen LogP contribution < -0.4 is 4.90 Å². The van der Waals surface area contributed by atoms with Crippen LogP contribution in [0.1, 0.15) is 73.9 Å². The van der Waals surface area contributed by atoms with Crippen molar-refractivity contribution in [2.75, 3.05) is 18.0 Å². The largest absolute Gasteiger partial charge is 0.451 e. The predicted octanol–water partition coefficient (Wildman–Crippen LogP) is 6.48. The maximum atomic E-state index is 13.8. The van der Waals surface area contributed by atoms with Crippen molar-refractivity contribution in [1.82, 2.24) is 19.9 Å². The first-order chi connectivity index (χ1) is 17.7. The Labute approximate surface area is 218 Å². The molecular formula is C30H37N5O2. The van der Waals surface area contributed by atoms with E-state index in [0.29, 0.717) is 17.7 Å². The van der Waals surface area contributed by atoms with Crippen molar-refractivity contribution >= 4 is 22.5 Å². The van der Waals surface area contributed by atoms with Gasteiger partial charge in [0.15, 0.2) is 12.1 Å². The number of aromatic amines is 1. The van der Waals surface area contributed by atoms with Crippen LogP contribution in [0.25, 0.3) is 22.2 Å². The highest BCUT2D eigenvalue weighted by atomic mass is 16.3. The number of oxazole rings is 1.